The quantitative estimate of drug-likeness (QED) is 0.160. The zero-order valence-electron chi connectivity index (χ0n) is 22.9. The van der Waals surface area contributed by atoms with Gasteiger partial charge in [0.1, 0.15) is 6.29 Å². The molecule has 4 aromatic carbocycles. The predicted molar refractivity (Wildman–Crippen MR) is 161 cm³/mol. The molecule has 194 valence electrons. The Morgan fingerprint density at radius 3 is 1.50 bits per heavy atom. The molecule has 0 N–H and O–H groups in total. The van der Waals surface area contributed by atoms with Crippen molar-refractivity contribution in [2.24, 2.45) is 5.92 Å². The zero-order chi connectivity index (χ0) is 26.9. The van der Waals surface area contributed by atoms with Gasteiger partial charge in [0.05, 0.1) is 0 Å². The molecule has 1 atom stereocenters. The minimum atomic E-state index is 0.0911. The Bertz CT molecular complexity index is 1260. The standard InChI is InChI=1S/C35H38N2O/c1-36(2)33-19-15-30(16-20-33)35(31-17-21-34(22-18-31)37(3)4)32(24-28-13-9-6-10-14-28)25-29(26-38)23-27-11-7-5-8-12-27/h5-22,25-26,32,35H,23-24H2,1-4H3/b29-25-/t32-/m0/s1. The first-order valence-corrected chi connectivity index (χ1v) is 13.2. The lowest BCUT2D eigenvalue weighted by atomic mass is 9.76. The van der Waals surface area contributed by atoms with Gasteiger partial charge in [0.15, 0.2) is 0 Å². The molecule has 0 fully saturated rings. The number of benzene rings is 4. The molecule has 4 rings (SSSR count). The van der Waals surface area contributed by atoms with Crippen LogP contribution < -0.4 is 9.80 Å². The van der Waals surface area contributed by atoms with E-state index in [0.717, 1.165) is 23.8 Å². The third-order valence-electron chi connectivity index (χ3n) is 7.11. The summed E-state index contributed by atoms with van der Waals surface area (Å²) in [6, 6.07) is 38.5. The van der Waals surface area contributed by atoms with Crippen molar-refractivity contribution in [1.29, 1.82) is 0 Å². The smallest absolute Gasteiger partial charge is 0.146 e. The molecule has 0 heterocycles. The molecule has 0 aliphatic carbocycles. The summed E-state index contributed by atoms with van der Waals surface area (Å²) in [5, 5.41) is 0. The Morgan fingerprint density at radius 2 is 1.08 bits per heavy atom. The summed E-state index contributed by atoms with van der Waals surface area (Å²) < 4.78 is 0. The summed E-state index contributed by atoms with van der Waals surface area (Å²) in [6.45, 7) is 0. The number of carbonyl (C=O) groups is 1. The van der Waals surface area contributed by atoms with Gasteiger partial charge in [-0.3, -0.25) is 4.79 Å². The number of aldehydes is 1. The molecular formula is C35H38N2O. The van der Waals surface area contributed by atoms with Crippen LogP contribution in [0.25, 0.3) is 0 Å². The Labute approximate surface area is 228 Å². The van der Waals surface area contributed by atoms with E-state index in [9.17, 15) is 4.79 Å². The third kappa shape index (κ3) is 7.01. The molecule has 0 saturated heterocycles. The van der Waals surface area contributed by atoms with Crippen LogP contribution in [0.3, 0.4) is 0 Å². The van der Waals surface area contributed by atoms with Crippen LogP contribution >= 0.6 is 0 Å². The molecule has 0 radical (unpaired) electrons. The predicted octanol–water partition coefficient (Wildman–Crippen LogP) is 7.18. The van der Waals surface area contributed by atoms with Gasteiger partial charge in [-0.05, 0) is 64.4 Å². The normalized spacial score (nSPS) is 12.3. The molecular weight excluding hydrogens is 464 g/mol. The molecule has 4 aromatic rings. The number of hydrogen-bond acceptors (Lipinski definition) is 3. The van der Waals surface area contributed by atoms with E-state index >= 15 is 0 Å². The zero-order valence-corrected chi connectivity index (χ0v) is 22.9. The topological polar surface area (TPSA) is 23.6 Å². The molecule has 38 heavy (non-hydrogen) atoms. The van der Waals surface area contributed by atoms with E-state index in [1.54, 1.807) is 0 Å². The van der Waals surface area contributed by atoms with Crippen LogP contribution in [0.1, 0.15) is 28.2 Å². The van der Waals surface area contributed by atoms with E-state index in [-0.39, 0.29) is 11.8 Å². The number of allylic oxidation sites excluding steroid dienone is 2. The summed E-state index contributed by atoms with van der Waals surface area (Å²) in [7, 11) is 8.25. The van der Waals surface area contributed by atoms with Crippen molar-refractivity contribution in [3.8, 4) is 0 Å². The highest BCUT2D eigenvalue weighted by molar-refractivity contribution is 5.74. The van der Waals surface area contributed by atoms with Crippen molar-refractivity contribution in [1.82, 2.24) is 0 Å². The number of hydrogen-bond donors (Lipinski definition) is 0. The fraction of sp³-hybridized carbons (Fsp3) is 0.229. The highest BCUT2D eigenvalue weighted by Gasteiger charge is 2.25. The van der Waals surface area contributed by atoms with Gasteiger partial charge >= 0.3 is 0 Å². The Hall–Kier alpha value is -4.11. The van der Waals surface area contributed by atoms with Gasteiger partial charge in [-0.1, -0.05) is 91.0 Å². The molecule has 0 unspecified atom stereocenters. The highest BCUT2D eigenvalue weighted by Crippen LogP contribution is 2.37. The number of nitrogens with zero attached hydrogens (tertiary/aromatic N) is 2. The first kappa shape index (κ1) is 26.9. The molecule has 0 amide bonds. The largest absolute Gasteiger partial charge is 0.378 e. The molecule has 0 bridgehead atoms. The van der Waals surface area contributed by atoms with Crippen molar-refractivity contribution in [3.63, 3.8) is 0 Å². The lowest BCUT2D eigenvalue weighted by Crippen LogP contribution is -2.17. The Morgan fingerprint density at radius 1 is 0.632 bits per heavy atom. The molecule has 0 aliphatic heterocycles. The van der Waals surface area contributed by atoms with Crippen molar-refractivity contribution < 1.29 is 4.79 Å². The Kier molecular flexibility index (Phi) is 9.16. The molecule has 3 nitrogen and oxygen atoms in total. The van der Waals surface area contributed by atoms with Crippen LogP contribution in [0.5, 0.6) is 0 Å². The monoisotopic (exact) mass is 502 g/mol. The second-order valence-electron chi connectivity index (χ2n) is 10.3. The molecule has 0 aromatic heterocycles. The van der Waals surface area contributed by atoms with Gasteiger partial charge in [0.25, 0.3) is 0 Å². The maximum Gasteiger partial charge on any atom is 0.146 e. The second kappa shape index (κ2) is 12.9. The number of rotatable bonds is 11. The second-order valence-corrected chi connectivity index (χ2v) is 10.3. The van der Waals surface area contributed by atoms with Gasteiger partial charge < -0.3 is 9.80 Å². The minimum Gasteiger partial charge on any atom is -0.378 e. The van der Waals surface area contributed by atoms with Crippen molar-refractivity contribution >= 4 is 17.7 Å². The van der Waals surface area contributed by atoms with Crippen molar-refractivity contribution in [2.75, 3.05) is 38.0 Å². The van der Waals surface area contributed by atoms with Gasteiger partial charge in [-0.25, -0.2) is 0 Å². The first-order valence-electron chi connectivity index (χ1n) is 13.2. The van der Waals surface area contributed by atoms with Crippen LogP contribution in [-0.2, 0) is 17.6 Å². The van der Waals surface area contributed by atoms with E-state index in [1.165, 1.54) is 28.1 Å². The van der Waals surface area contributed by atoms with E-state index in [4.69, 9.17) is 0 Å². The SMILES string of the molecule is CN(C)c1ccc(C(c2ccc(N(C)C)cc2)[C@H](/C=C(\C=O)Cc2ccccc2)Cc2ccccc2)cc1. The van der Waals surface area contributed by atoms with Crippen LogP contribution in [0.15, 0.2) is 121 Å². The third-order valence-corrected chi connectivity index (χ3v) is 7.11. The van der Waals surface area contributed by atoms with Gasteiger partial charge in [-0.2, -0.15) is 0 Å². The van der Waals surface area contributed by atoms with Crippen LogP contribution in [0.4, 0.5) is 11.4 Å². The molecule has 0 spiro atoms. The van der Waals surface area contributed by atoms with E-state index in [0.29, 0.717) is 6.42 Å². The summed E-state index contributed by atoms with van der Waals surface area (Å²) in [5.41, 5.74) is 8.05. The summed E-state index contributed by atoms with van der Waals surface area (Å²) in [6.07, 6.45) is 4.72. The van der Waals surface area contributed by atoms with Crippen LogP contribution in [-0.4, -0.2) is 34.5 Å². The molecule has 0 saturated carbocycles. The number of anilines is 2. The lowest BCUT2D eigenvalue weighted by molar-refractivity contribution is -0.105. The fourth-order valence-corrected chi connectivity index (χ4v) is 5.05. The van der Waals surface area contributed by atoms with Crippen LogP contribution in [0.2, 0.25) is 0 Å². The maximum atomic E-state index is 12.4. The van der Waals surface area contributed by atoms with Crippen molar-refractivity contribution in [2.45, 2.75) is 18.8 Å². The Balaban J connectivity index is 1.82. The van der Waals surface area contributed by atoms with Crippen molar-refractivity contribution in [3.05, 3.63) is 143 Å². The first-order chi connectivity index (χ1) is 18.4. The summed E-state index contributed by atoms with van der Waals surface area (Å²) in [5.74, 6) is 0.185. The summed E-state index contributed by atoms with van der Waals surface area (Å²) >= 11 is 0. The molecule has 3 heteroatoms. The molecule has 0 aliphatic rings. The van der Waals surface area contributed by atoms with E-state index in [1.807, 2.05) is 18.2 Å². The van der Waals surface area contributed by atoms with E-state index < -0.39 is 0 Å². The fourth-order valence-electron chi connectivity index (χ4n) is 5.05. The van der Waals surface area contributed by atoms with Gasteiger partial charge in [0, 0.05) is 51.9 Å². The maximum absolute atomic E-state index is 12.4. The minimum absolute atomic E-state index is 0.0911. The highest BCUT2D eigenvalue weighted by atomic mass is 16.1. The van der Waals surface area contributed by atoms with Gasteiger partial charge in [0.2, 0.25) is 0 Å². The lowest BCUT2D eigenvalue weighted by Gasteiger charge is -2.28. The summed E-state index contributed by atoms with van der Waals surface area (Å²) in [4.78, 5) is 16.6. The average molecular weight is 503 g/mol. The number of carbonyl (C=O) groups excluding carboxylic acids is 1. The average Bonchev–Trinajstić information content (AvgIpc) is 2.94. The van der Waals surface area contributed by atoms with Gasteiger partial charge in [-0.15, -0.1) is 0 Å². The van der Waals surface area contributed by atoms with E-state index in [2.05, 4.69) is 135 Å². The van der Waals surface area contributed by atoms with Crippen LogP contribution in [0, 0.1) is 5.92 Å².